The van der Waals surface area contributed by atoms with E-state index in [1.165, 1.54) is 54.9 Å². The van der Waals surface area contributed by atoms with Gasteiger partial charge in [-0.2, -0.15) is 4.31 Å². The van der Waals surface area contributed by atoms with Gasteiger partial charge >= 0.3 is 4.94 Å². The molecule has 0 saturated carbocycles. The van der Waals surface area contributed by atoms with E-state index in [1.807, 2.05) is 0 Å². The van der Waals surface area contributed by atoms with E-state index in [2.05, 4.69) is 4.98 Å². The lowest BCUT2D eigenvalue weighted by molar-refractivity contribution is 0.100. The quantitative estimate of drug-likeness (QED) is 0.423. The molecule has 0 atom stereocenters. The van der Waals surface area contributed by atoms with Crippen molar-refractivity contribution in [1.82, 2.24) is 4.98 Å². The Labute approximate surface area is 184 Å². The standard InChI is InChI=1S/C19H10Cl2N2O5S2/c20-14-5-4-13(9-15(14)21)30(26,27)23(18(24)11-2-1-7-22-10-11)12-3-6-16-17(8-12)29-19(25)28-16/h1-10H. The first-order valence-corrected chi connectivity index (χ1v) is 11.3. The molecule has 0 fully saturated rings. The number of rotatable bonds is 4. The number of benzene rings is 2. The van der Waals surface area contributed by atoms with Crippen LogP contribution in [0.4, 0.5) is 5.69 Å². The van der Waals surface area contributed by atoms with E-state index in [0.717, 1.165) is 17.4 Å². The van der Waals surface area contributed by atoms with Crippen molar-refractivity contribution in [2.45, 2.75) is 4.90 Å². The van der Waals surface area contributed by atoms with Gasteiger partial charge in [0.2, 0.25) is 0 Å². The molecule has 152 valence electrons. The van der Waals surface area contributed by atoms with Gasteiger partial charge in [-0.3, -0.25) is 9.78 Å². The van der Waals surface area contributed by atoms with Gasteiger partial charge in [-0.05, 0) is 48.5 Å². The number of aromatic nitrogens is 1. The average molecular weight is 481 g/mol. The molecule has 0 bridgehead atoms. The highest BCUT2D eigenvalue weighted by atomic mass is 35.5. The third kappa shape index (κ3) is 3.72. The average Bonchev–Trinajstić information content (AvgIpc) is 3.10. The van der Waals surface area contributed by atoms with Gasteiger partial charge in [0.1, 0.15) is 5.58 Å². The molecule has 0 aliphatic rings. The summed E-state index contributed by atoms with van der Waals surface area (Å²) >= 11 is 12.7. The Balaban J connectivity index is 1.93. The van der Waals surface area contributed by atoms with Gasteiger partial charge in [0, 0.05) is 12.4 Å². The molecule has 11 heteroatoms. The van der Waals surface area contributed by atoms with Gasteiger partial charge in [-0.25, -0.2) is 13.2 Å². The summed E-state index contributed by atoms with van der Waals surface area (Å²) in [5, 5.41) is 0.195. The smallest absolute Gasteiger partial charge is 0.396 e. The van der Waals surface area contributed by atoms with Gasteiger partial charge in [0.05, 0.1) is 30.9 Å². The van der Waals surface area contributed by atoms with E-state index in [1.54, 1.807) is 0 Å². The first kappa shape index (κ1) is 20.5. The van der Waals surface area contributed by atoms with Crippen LogP contribution in [-0.4, -0.2) is 19.3 Å². The molecule has 0 aliphatic heterocycles. The Bertz CT molecular complexity index is 1430. The van der Waals surface area contributed by atoms with Crippen LogP contribution >= 0.6 is 34.5 Å². The zero-order valence-corrected chi connectivity index (χ0v) is 17.9. The summed E-state index contributed by atoms with van der Waals surface area (Å²) in [6.45, 7) is 0. The van der Waals surface area contributed by atoms with Crippen LogP contribution in [0.3, 0.4) is 0 Å². The lowest BCUT2D eigenvalue weighted by Crippen LogP contribution is -2.37. The zero-order chi connectivity index (χ0) is 21.5. The largest absolute Gasteiger partial charge is 0.414 e. The van der Waals surface area contributed by atoms with Crippen LogP contribution < -0.4 is 9.24 Å². The number of carbonyl (C=O) groups is 1. The summed E-state index contributed by atoms with van der Waals surface area (Å²) in [6, 6.07) is 10.9. The molecule has 0 radical (unpaired) electrons. The number of amides is 1. The van der Waals surface area contributed by atoms with E-state index >= 15 is 0 Å². The highest BCUT2D eigenvalue weighted by Crippen LogP contribution is 2.32. The fourth-order valence-electron chi connectivity index (χ4n) is 2.70. The van der Waals surface area contributed by atoms with Crippen LogP contribution in [-0.2, 0) is 10.0 Å². The van der Waals surface area contributed by atoms with Crippen molar-refractivity contribution < 1.29 is 17.6 Å². The normalized spacial score (nSPS) is 11.5. The lowest BCUT2D eigenvalue weighted by Gasteiger charge is -2.23. The first-order valence-electron chi connectivity index (χ1n) is 8.26. The minimum atomic E-state index is -4.39. The van der Waals surface area contributed by atoms with Gasteiger partial charge in [-0.15, -0.1) is 0 Å². The highest BCUT2D eigenvalue weighted by Gasteiger charge is 2.33. The molecule has 4 aromatic rings. The Kier molecular flexibility index (Phi) is 5.37. The number of halogens is 2. The fraction of sp³-hybridized carbons (Fsp3) is 0. The molecule has 2 heterocycles. The highest BCUT2D eigenvalue weighted by molar-refractivity contribution is 7.93. The molecule has 2 aromatic heterocycles. The topological polar surface area (TPSA) is 97.6 Å². The van der Waals surface area contributed by atoms with Gasteiger partial charge < -0.3 is 4.42 Å². The summed E-state index contributed by atoms with van der Waals surface area (Å²) in [5.74, 6) is -0.829. The zero-order valence-electron chi connectivity index (χ0n) is 14.8. The van der Waals surface area contributed by atoms with E-state index in [0.29, 0.717) is 9.01 Å². The summed E-state index contributed by atoms with van der Waals surface area (Å²) in [5.41, 5.74) is 0.371. The number of anilines is 1. The Hall–Kier alpha value is -2.72. The summed E-state index contributed by atoms with van der Waals surface area (Å²) in [4.78, 5) is 27.9. The molecule has 0 spiro atoms. The Morgan fingerprint density at radius 1 is 1.07 bits per heavy atom. The van der Waals surface area contributed by atoms with Crippen LogP contribution in [0.25, 0.3) is 10.3 Å². The second-order valence-corrected chi connectivity index (χ2v) is 9.56. The number of hydrogen-bond acceptors (Lipinski definition) is 7. The maximum Gasteiger partial charge on any atom is 0.396 e. The number of carbonyl (C=O) groups excluding carboxylic acids is 1. The Morgan fingerprint density at radius 3 is 2.57 bits per heavy atom. The molecule has 0 unspecified atom stereocenters. The predicted octanol–water partition coefficient (Wildman–Crippen LogP) is 4.59. The van der Waals surface area contributed by atoms with Crippen molar-refractivity contribution in [3.05, 3.63) is 86.3 Å². The van der Waals surface area contributed by atoms with Crippen molar-refractivity contribution >= 4 is 66.4 Å². The number of fused-ring (bicyclic) bond motifs is 1. The van der Waals surface area contributed by atoms with Crippen molar-refractivity contribution in [2.24, 2.45) is 0 Å². The molecule has 2 aromatic carbocycles. The molecule has 1 amide bonds. The summed E-state index contributed by atoms with van der Waals surface area (Å²) in [6.07, 6.45) is 2.72. The second kappa shape index (κ2) is 7.84. The minimum Gasteiger partial charge on any atom is -0.414 e. The minimum absolute atomic E-state index is 0.0232. The van der Waals surface area contributed by atoms with E-state index in [-0.39, 0.29) is 31.8 Å². The van der Waals surface area contributed by atoms with E-state index in [4.69, 9.17) is 27.6 Å². The third-order valence-corrected chi connectivity index (χ3v) is 7.31. The molecule has 7 nitrogen and oxygen atoms in total. The number of nitrogens with zero attached hydrogens (tertiary/aromatic N) is 2. The molecule has 0 aliphatic carbocycles. The van der Waals surface area contributed by atoms with Crippen molar-refractivity contribution in [2.75, 3.05) is 4.31 Å². The van der Waals surface area contributed by atoms with Crippen LogP contribution in [0.5, 0.6) is 0 Å². The predicted molar refractivity (Wildman–Crippen MR) is 115 cm³/mol. The monoisotopic (exact) mass is 480 g/mol. The van der Waals surface area contributed by atoms with Crippen LogP contribution in [0.1, 0.15) is 10.4 Å². The molecule has 0 saturated heterocycles. The van der Waals surface area contributed by atoms with E-state index in [9.17, 15) is 18.0 Å². The van der Waals surface area contributed by atoms with Gasteiger partial charge in [0.15, 0.2) is 0 Å². The fourth-order valence-corrected chi connectivity index (χ4v) is 5.20. The molecule has 4 rings (SSSR count). The van der Waals surface area contributed by atoms with Crippen molar-refractivity contribution in [3.8, 4) is 0 Å². The SMILES string of the molecule is O=C(c1cccnc1)N(c1ccc2oc(=O)sc2c1)S(=O)(=O)c1ccc(Cl)c(Cl)c1. The summed E-state index contributed by atoms with van der Waals surface area (Å²) < 4.78 is 32.9. The second-order valence-electron chi connectivity index (χ2n) is 5.98. The molecular formula is C19H10Cl2N2O5S2. The molecule has 30 heavy (non-hydrogen) atoms. The van der Waals surface area contributed by atoms with Gasteiger partial charge in [-0.1, -0.05) is 34.5 Å². The number of sulfonamides is 1. The maximum atomic E-state index is 13.5. The van der Waals surface area contributed by atoms with Crippen molar-refractivity contribution in [3.63, 3.8) is 0 Å². The van der Waals surface area contributed by atoms with Crippen molar-refractivity contribution in [1.29, 1.82) is 0 Å². The number of pyridine rings is 1. The molecular weight excluding hydrogens is 471 g/mol. The first-order chi connectivity index (χ1) is 14.3. The van der Waals surface area contributed by atoms with Crippen LogP contribution in [0, 0.1) is 0 Å². The number of hydrogen-bond donors (Lipinski definition) is 0. The maximum absolute atomic E-state index is 13.5. The Morgan fingerprint density at radius 2 is 1.87 bits per heavy atom. The van der Waals surface area contributed by atoms with Gasteiger partial charge in [0.25, 0.3) is 15.9 Å². The van der Waals surface area contributed by atoms with E-state index < -0.39 is 20.9 Å². The van der Waals surface area contributed by atoms with Crippen LogP contribution in [0.2, 0.25) is 10.0 Å². The molecule has 0 N–H and O–H groups in total. The summed E-state index contributed by atoms with van der Waals surface area (Å²) in [7, 11) is -4.39. The third-order valence-electron chi connectivity index (χ3n) is 4.07. The lowest BCUT2D eigenvalue weighted by atomic mass is 10.2. The van der Waals surface area contributed by atoms with Crippen LogP contribution in [0.15, 0.2) is 75.0 Å².